The summed E-state index contributed by atoms with van der Waals surface area (Å²) in [7, 11) is 3.04. The first-order chi connectivity index (χ1) is 16.2. The lowest BCUT2D eigenvalue weighted by atomic mass is 10.2. The number of nitrogens with zero attached hydrogens (tertiary/aromatic N) is 5. The maximum Gasteiger partial charge on any atom is 0.417 e. The summed E-state index contributed by atoms with van der Waals surface area (Å²) in [6.45, 7) is 1.59. The smallest absolute Gasteiger partial charge is 0.417 e. The Morgan fingerprint density at radius 2 is 1.91 bits per heavy atom. The summed E-state index contributed by atoms with van der Waals surface area (Å²) in [5.41, 5.74) is 0.272. The number of hydrogen-bond acceptors (Lipinski definition) is 7. The minimum Gasteiger partial charge on any atom is -0.497 e. The molecule has 3 heterocycles. The number of aromatic amines is 1. The molecular formula is C21H18F3N7O3. The van der Waals surface area contributed by atoms with Crippen molar-refractivity contribution in [3.8, 4) is 28.7 Å². The van der Waals surface area contributed by atoms with Crippen LogP contribution in [0.1, 0.15) is 21.6 Å². The molecule has 176 valence electrons. The topological polar surface area (TPSA) is 120 Å². The molecule has 0 saturated carbocycles. The SMILES string of the molecule is COc1ccc(-c2nc(NC(=O)c3cnn(-c4ccc(C(F)(F)F)cn4)c3C)n[nH]2)c(OC)c1. The Morgan fingerprint density at radius 3 is 2.56 bits per heavy atom. The summed E-state index contributed by atoms with van der Waals surface area (Å²) >= 11 is 0. The second-order valence-corrected chi connectivity index (χ2v) is 6.99. The Hall–Kier alpha value is -4.42. The van der Waals surface area contributed by atoms with Crippen LogP contribution in [-0.2, 0) is 6.18 Å². The van der Waals surface area contributed by atoms with Gasteiger partial charge in [-0.15, -0.1) is 5.10 Å². The fraction of sp³-hybridized carbons (Fsp3) is 0.190. The fourth-order valence-electron chi connectivity index (χ4n) is 3.14. The molecule has 10 nitrogen and oxygen atoms in total. The number of amides is 1. The Labute approximate surface area is 190 Å². The maximum atomic E-state index is 12.8. The molecule has 1 aromatic carbocycles. The van der Waals surface area contributed by atoms with Gasteiger partial charge in [0.1, 0.15) is 11.5 Å². The molecular weight excluding hydrogens is 455 g/mol. The number of alkyl halides is 3. The van der Waals surface area contributed by atoms with Gasteiger partial charge in [0, 0.05) is 12.3 Å². The summed E-state index contributed by atoms with van der Waals surface area (Å²) in [6, 6.07) is 7.21. The third kappa shape index (κ3) is 4.40. The summed E-state index contributed by atoms with van der Waals surface area (Å²) < 4.78 is 50.1. The highest BCUT2D eigenvalue weighted by molar-refractivity contribution is 6.04. The van der Waals surface area contributed by atoms with Gasteiger partial charge in [0.15, 0.2) is 11.6 Å². The van der Waals surface area contributed by atoms with Crippen LogP contribution in [0, 0.1) is 6.92 Å². The first-order valence-electron chi connectivity index (χ1n) is 9.75. The van der Waals surface area contributed by atoms with E-state index in [1.807, 2.05) is 0 Å². The van der Waals surface area contributed by atoms with Gasteiger partial charge in [-0.1, -0.05) is 0 Å². The van der Waals surface area contributed by atoms with Crippen molar-refractivity contribution in [2.24, 2.45) is 0 Å². The molecule has 1 amide bonds. The van der Waals surface area contributed by atoms with E-state index in [1.165, 1.54) is 31.2 Å². The molecule has 3 aromatic heterocycles. The first kappa shape index (κ1) is 22.8. The molecule has 34 heavy (non-hydrogen) atoms. The Bertz CT molecular complexity index is 1330. The summed E-state index contributed by atoms with van der Waals surface area (Å²) in [6.07, 6.45) is -2.51. The van der Waals surface area contributed by atoms with Crippen LogP contribution in [0.5, 0.6) is 11.5 Å². The van der Waals surface area contributed by atoms with Gasteiger partial charge in [-0.05, 0) is 31.2 Å². The minimum atomic E-state index is -4.50. The van der Waals surface area contributed by atoms with E-state index < -0.39 is 17.6 Å². The van der Waals surface area contributed by atoms with E-state index >= 15 is 0 Å². The van der Waals surface area contributed by atoms with Crippen molar-refractivity contribution in [3.63, 3.8) is 0 Å². The number of pyridine rings is 1. The van der Waals surface area contributed by atoms with Gasteiger partial charge in [-0.3, -0.25) is 15.2 Å². The monoisotopic (exact) mass is 473 g/mol. The molecule has 0 aliphatic heterocycles. The van der Waals surface area contributed by atoms with Crippen molar-refractivity contribution in [3.05, 3.63) is 59.5 Å². The molecule has 0 aliphatic rings. The molecule has 4 aromatic rings. The van der Waals surface area contributed by atoms with Gasteiger partial charge in [-0.25, -0.2) is 9.67 Å². The number of carbonyl (C=O) groups excluding carboxylic acids is 1. The Kier molecular flexibility index (Phi) is 5.92. The van der Waals surface area contributed by atoms with Crippen LogP contribution in [0.2, 0.25) is 0 Å². The van der Waals surface area contributed by atoms with E-state index in [0.29, 0.717) is 34.8 Å². The van der Waals surface area contributed by atoms with E-state index in [-0.39, 0.29) is 17.3 Å². The quantitative estimate of drug-likeness (QED) is 0.439. The molecule has 0 spiro atoms. The lowest BCUT2D eigenvalue weighted by Crippen LogP contribution is -2.14. The lowest BCUT2D eigenvalue weighted by Gasteiger charge is -2.08. The van der Waals surface area contributed by atoms with E-state index in [1.54, 1.807) is 25.1 Å². The van der Waals surface area contributed by atoms with Crippen molar-refractivity contribution in [1.82, 2.24) is 29.9 Å². The molecule has 2 N–H and O–H groups in total. The molecule has 0 unspecified atom stereocenters. The predicted molar refractivity (Wildman–Crippen MR) is 114 cm³/mol. The second-order valence-electron chi connectivity index (χ2n) is 6.99. The van der Waals surface area contributed by atoms with E-state index in [0.717, 1.165) is 6.07 Å². The molecule has 0 saturated heterocycles. The van der Waals surface area contributed by atoms with E-state index in [4.69, 9.17) is 9.47 Å². The molecule has 0 atom stereocenters. The molecule has 13 heteroatoms. The predicted octanol–water partition coefficient (Wildman–Crippen LogP) is 3.65. The number of methoxy groups -OCH3 is 2. The zero-order chi connectivity index (χ0) is 24.5. The number of nitrogens with one attached hydrogen (secondary N) is 2. The number of halogens is 3. The average molecular weight is 473 g/mol. The molecule has 0 fully saturated rings. The van der Waals surface area contributed by atoms with Gasteiger partial charge in [0.25, 0.3) is 5.91 Å². The molecule has 0 bridgehead atoms. The third-order valence-electron chi connectivity index (χ3n) is 4.92. The van der Waals surface area contributed by atoms with E-state index in [9.17, 15) is 18.0 Å². The van der Waals surface area contributed by atoms with E-state index in [2.05, 4.69) is 30.6 Å². The summed E-state index contributed by atoms with van der Waals surface area (Å²) in [4.78, 5) is 20.8. The number of hydrogen-bond donors (Lipinski definition) is 2. The van der Waals surface area contributed by atoms with Crippen LogP contribution >= 0.6 is 0 Å². The van der Waals surface area contributed by atoms with Gasteiger partial charge in [0.05, 0.1) is 42.8 Å². The number of H-pyrrole nitrogens is 1. The standard InChI is InChI=1S/C21H18F3N7O3/c1-11-15(10-26-31(11)17-7-4-12(9-25-17)21(22,23)24)19(32)28-20-27-18(29-30-20)14-6-5-13(33-2)8-16(14)34-3/h4-10H,1-3H3,(H2,27,28,29,30,32). The summed E-state index contributed by atoms with van der Waals surface area (Å²) in [5, 5.41) is 13.4. The first-order valence-corrected chi connectivity index (χ1v) is 9.75. The lowest BCUT2D eigenvalue weighted by molar-refractivity contribution is -0.137. The Morgan fingerprint density at radius 1 is 1.12 bits per heavy atom. The highest BCUT2D eigenvalue weighted by atomic mass is 19.4. The van der Waals surface area contributed by atoms with Crippen LogP contribution in [0.25, 0.3) is 17.2 Å². The molecule has 0 radical (unpaired) electrons. The zero-order valence-corrected chi connectivity index (χ0v) is 18.1. The molecule has 4 rings (SSSR count). The number of carbonyl (C=O) groups is 1. The number of anilines is 1. The van der Waals surface area contributed by atoms with Crippen molar-refractivity contribution in [1.29, 1.82) is 0 Å². The number of ether oxygens (including phenoxy) is 2. The van der Waals surface area contributed by atoms with Gasteiger partial charge in [-0.2, -0.15) is 23.3 Å². The maximum absolute atomic E-state index is 12.8. The third-order valence-corrected chi connectivity index (χ3v) is 4.92. The van der Waals surface area contributed by atoms with Gasteiger partial charge in [0.2, 0.25) is 5.95 Å². The second kappa shape index (κ2) is 8.84. The largest absolute Gasteiger partial charge is 0.497 e. The highest BCUT2D eigenvalue weighted by Crippen LogP contribution is 2.32. The van der Waals surface area contributed by atoms with Crippen LogP contribution in [0.3, 0.4) is 0 Å². The fourth-order valence-corrected chi connectivity index (χ4v) is 3.14. The zero-order valence-electron chi connectivity index (χ0n) is 18.1. The van der Waals surface area contributed by atoms with Crippen molar-refractivity contribution in [2.75, 3.05) is 19.5 Å². The minimum absolute atomic E-state index is 0.0117. The Balaban J connectivity index is 1.53. The number of rotatable bonds is 6. The van der Waals surface area contributed by atoms with Crippen LogP contribution < -0.4 is 14.8 Å². The number of aromatic nitrogens is 6. The summed E-state index contributed by atoms with van der Waals surface area (Å²) in [5.74, 6) is 1.05. The van der Waals surface area contributed by atoms with Crippen LogP contribution in [0.15, 0.2) is 42.7 Å². The highest BCUT2D eigenvalue weighted by Gasteiger charge is 2.31. The van der Waals surface area contributed by atoms with Gasteiger partial charge >= 0.3 is 6.18 Å². The van der Waals surface area contributed by atoms with Crippen LogP contribution in [0.4, 0.5) is 19.1 Å². The van der Waals surface area contributed by atoms with Gasteiger partial charge < -0.3 is 9.47 Å². The van der Waals surface area contributed by atoms with Crippen molar-refractivity contribution in [2.45, 2.75) is 13.1 Å². The van der Waals surface area contributed by atoms with Crippen molar-refractivity contribution >= 4 is 11.9 Å². The molecule has 0 aliphatic carbocycles. The van der Waals surface area contributed by atoms with Crippen LogP contribution in [-0.4, -0.2) is 50.1 Å². The average Bonchev–Trinajstić information content (AvgIpc) is 3.44. The normalized spacial score (nSPS) is 11.4. The van der Waals surface area contributed by atoms with Crippen molar-refractivity contribution < 1.29 is 27.4 Å². The number of benzene rings is 1.